The maximum absolute atomic E-state index is 4.11. The molecule has 1 heterocycles. The van der Waals surface area contributed by atoms with Gasteiger partial charge in [0.1, 0.15) is 12.2 Å². The van der Waals surface area contributed by atoms with Crippen molar-refractivity contribution in [2.24, 2.45) is 13.0 Å². The zero-order chi connectivity index (χ0) is 12.1. The van der Waals surface area contributed by atoms with E-state index in [0.717, 1.165) is 30.7 Å². The molecule has 0 radical (unpaired) electrons. The lowest BCUT2D eigenvalue weighted by molar-refractivity contribution is 0.256. The van der Waals surface area contributed by atoms with E-state index in [2.05, 4.69) is 22.4 Å². The molecule has 0 spiro atoms. The van der Waals surface area contributed by atoms with Gasteiger partial charge in [-0.2, -0.15) is 0 Å². The molecule has 1 fully saturated rings. The molecule has 1 N–H and O–H groups in total. The quantitative estimate of drug-likeness (QED) is 0.849. The lowest BCUT2D eigenvalue weighted by atomic mass is 9.83. The van der Waals surface area contributed by atoms with Crippen molar-refractivity contribution in [1.29, 1.82) is 0 Å². The van der Waals surface area contributed by atoms with Gasteiger partial charge in [-0.1, -0.05) is 26.2 Å². The maximum Gasteiger partial charge on any atom is 0.133 e. The van der Waals surface area contributed by atoms with Gasteiger partial charge in [-0.25, -0.2) is 0 Å². The standard InChI is InChI=1S/C13H24N4/c1-3-11-6-4-5-7-12(11)14-9-8-13-16-15-10-17(13)2/h10-12,14H,3-9H2,1-2H3. The SMILES string of the molecule is CCC1CCCCC1NCCc1nncn1C. The lowest BCUT2D eigenvalue weighted by Crippen LogP contribution is -2.39. The van der Waals surface area contributed by atoms with E-state index in [1.165, 1.54) is 32.1 Å². The van der Waals surface area contributed by atoms with Crippen LogP contribution in [0, 0.1) is 5.92 Å². The zero-order valence-corrected chi connectivity index (χ0v) is 11.0. The van der Waals surface area contributed by atoms with Gasteiger partial charge in [0.15, 0.2) is 0 Å². The molecular formula is C13H24N4. The first-order valence-corrected chi connectivity index (χ1v) is 6.87. The summed E-state index contributed by atoms with van der Waals surface area (Å²) in [5, 5.41) is 11.7. The fourth-order valence-corrected chi connectivity index (χ4v) is 2.87. The Morgan fingerprint density at radius 1 is 1.41 bits per heavy atom. The molecule has 1 aliphatic rings. The molecule has 2 unspecified atom stereocenters. The second-order valence-corrected chi connectivity index (χ2v) is 5.12. The topological polar surface area (TPSA) is 42.7 Å². The van der Waals surface area contributed by atoms with Crippen molar-refractivity contribution in [2.45, 2.75) is 51.5 Å². The Morgan fingerprint density at radius 3 is 2.94 bits per heavy atom. The van der Waals surface area contributed by atoms with E-state index in [1.807, 2.05) is 11.6 Å². The van der Waals surface area contributed by atoms with Gasteiger partial charge >= 0.3 is 0 Å². The van der Waals surface area contributed by atoms with E-state index in [9.17, 15) is 0 Å². The first-order valence-electron chi connectivity index (χ1n) is 6.87. The Morgan fingerprint density at radius 2 is 2.24 bits per heavy atom. The second-order valence-electron chi connectivity index (χ2n) is 5.12. The van der Waals surface area contributed by atoms with Crippen LogP contribution in [0.1, 0.15) is 44.9 Å². The summed E-state index contributed by atoms with van der Waals surface area (Å²) in [6.45, 7) is 3.33. The molecule has 1 aromatic rings. The van der Waals surface area contributed by atoms with Crippen LogP contribution in [0.25, 0.3) is 0 Å². The van der Waals surface area contributed by atoms with Crippen LogP contribution >= 0.6 is 0 Å². The maximum atomic E-state index is 4.11. The molecule has 0 aliphatic heterocycles. The van der Waals surface area contributed by atoms with Crippen molar-refractivity contribution in [3.05, 3.63) is 12.2 Å². The predicted octanol–water partition coefficient (Wildman–Crippen LogP) is 1.92. The summed E-state index contributed by atoms with van der Waals surface area (Å²) in [7, 11) is 2.00. The van der Waals surface area contributed by atoms with E-state index in [1.54, 1.807) is 6.33 Å². The monoisotopic (exact) mass is 236 g/mol. The van der Waals surface area contributed by atoms with Crippen LogP contribution in [-0.2, 0) is 13.5 Å². The summed E-state index contributed by atoms with van der Waals surface area (Å²) < 4.78 is 2.00. The Bertz CT molecular complexity index is 334. The minimum atomic E-state index is 0.724. The number of nitrogens with one attached hydrogen (secondary N) is 1. The highest BCUT2D eigenvalue weighted by Gasteiger charge is 2.22. The number of aromatic nitrogens is 3. The van der Waals surface area contributed by atoms with Crippen molar-refractivity contribution < 1.29 is 0 Å². The third-order valence-electron chi connectivity index (χ3n) is 3.99. The van der Waals surface area contributed by atoms with Crippen LogP contribution in [0.2, 0.25) is 0 Å². The van der Waals surface area contributed by atoms with Gasteiger partial charge in [-0.05, 0) is 18.8 Å². The Kier molecular flexibility index (Phi) is 4.54. The first kappa shape index (κ1) is 12.6. The normalized spacial score (nSPS) is 25.1. The van der Waals surface area contributed by atoms with Crippen molar-refractivity contribution in [3.63, 3.8) is 0 Å². The average molecular weight is 236 g/mol. The van der Waals surface area contributed by atoms with Crippen LogP contribution in [0.3, 0.4) is 0 Å². The van der Waals surface area contributed by atoms with Gasteiger partial charge in [0, 0.05) is 26.1 Å². The van der Waals surface area contributed by atoms with Crippen LogP contribution < -0.4 is 5.32 Å². The molecule has 0 amide bonds. The Hall–Kier alpha value is -0.900. The molecule has 96 valence electrons. The summed E-state index contributed by atoms with van der Waals surface area (Å²) in [6.07, 6.45) is 9.60. The zero-order valence-electron chi connectivity index (χ0n) is 11.0. The summed E-state index contributed by atoms with van der Waals surface area (Å²) in [6, 6.07) is 0.724. The van der Waals surface area contributed by atoms with Crippen molar-refractivity contribution in [2.75, 3.05) is 6.54 Å². The van der Waals surface area contributed by atoms with Gasteiger partial charge in [-0.15, -0.1) is 10.2 Å². The minimum Gasteiger partial charge on any atom is -0.321 e. The number of nitrogens with zero attached hydrogens (tertiary/aromatic N) is 3. The molecule has 4 nitrogen and oxygen atoms in total. The molecule has 17 heavy (non-hydrogen) atoms. The second kappa shape index (κ2) is 6.15. The summed E-state index contributed by atoms with van der Waals surface area (Å²) in [5.41, 5.74) is 0. The third kappa shape index (κ3) is 3.28. The highest BCUT2D eigenvalue weighted by atomic mass is 15.2. The fraction of sp³-hybridized carbons (Fsp3) is 0.846. The van der Waals surface area contributed by atoms with Crippen LogP contribution in [0.4, 0.5) is 0 Å². The van der Waals surface area contributed by atoms with Crippen LogP contribution in [0.15, 0.2) is 6.33 Å². The number of rotatable bonds is 5. The lowest BCUT2D eigenvalue weighted by Gasteiger charge is -2.31. The molecule has 2 rings (SSSR count). The molecule has 1 aliphatic carbocycles. The molecule has 1 saturated carbocycles. The molecule has 1 aromatic heterocycles. The molecule has 2 atom stereocenters. The van der Waals surface area contributed by atoms with Gasteiger partial charge in [-0.3, -0.25) is 0 Å². The smallest absolute Gasteiger partial charge is 0.133 e. The number of hydrogen-bond acceptors (Lipinski definition) is 3. The van der Waals surface area contributed by atoms with E-state index in [-0.39, 0.29) is 0 Å². The van der Waals surface area contributed by atoms with Crippen LogP contribution in [-0.4, -0.2) is 27.4 Å². The van der Waals surface area contributed by atoms with Crippen molar-refractivity contribution >= 4 is 0 Å². The minimum absolute atomic E-state index is 0.724. The molecular weight excluding hydrogens is 212 g/mol. The van der Waals surface area contributed by atoms with Crippen LogP contribution in [0.5, 0.6) is 0 Å². The fourth-order valence-electron chi connectivity index (χ4n) is 2.87. The highest BCUT2D eigenvalue weighted by molar-refractivity contribution is 4.87. The first-order chi connectivity index (χ1) is 8.31. The van der Waals surface area contributed by atoms with Gasteiger partial charge in [0.25, 0.3) is 0 Å². The van der Waals surface area contributed by atoms with E-state index in [0.29, 0.717) is 0 Å². The molecule has 0 saturated heterocycles. The predicted molar refractivity (Wildman–Crippen MR) is 68.7 cm³/mol. The molecule has 4 heteroatoms. The van der Waals surface area contributed by atoms with E-state index < -0.39 is 0 Å². The average Bonchev–Trinajstić information content (AvgIpc) is 2.76. The molecule has 0 bridgehead atoms. The van der Waals surface area contributed by atoms with Gasteiger partial charge in [0.05, 0.1) is 0 Å². The summed E-state index contributed by atoms with van der Waals surface area (Å²) >= 11 is 0. The Labute approximate surface area is 104 Å². The van der Waals surface area contributed by atoms with Crippen molar-refractivity contribution in [1.82, 2.24) is 20.1 Å². The molecule has 0 aromatic carbocycles. The summed E-state index contributed by atoms with van der Waals surface area (Å²) in [5.74, 6) is 1.95. The number of hydrogen-bond donors (Lipinski definition) is 1. The van der Waals surface area contributed by atoms with E-state index in [4.69, 9.17) is 0 Å². The van der Waals surface area contributed by atoms with Crippen molar-refractivity contribution in [3.8, 4) is 0 Å². The van der Waals surface area contributed by atoms with Gasteiger partial charge < -0.3 is 9.88 Å². The highest BCUT2D eigenvalue weighted by Crippen LogP contribution is 2.26. The number of aryl methyl sites for hydroxylation is 1. The third-order valence-corrected chi connectivity index (χ3v) is 3.99. The largest absolute Gasteiger partial charge is 0.321 e. The summed E-state index contributed by atoms with van der Waals surface area (Å²) in [4.78, 5) is 0. The van der Waals surface area contributed by atoms with E-state index >= 15 is 0 Å². The van der Waals surface area contributed by atoms with Gasteiger partial charge in [0.2, 0.25) is 0 Å². The Balaban J connectivity index is 1.75.